The monoisotopic (exact) mass is 243 g/mol. The largest absolute Gasteiger partial charge is 0.480 e. The number of nitrogens with one attached hydrogen (secondary N) is 3. The molecule has 0 aromatic rings. The Morgan fingerprint density at radius 2 is 2.06 bits per heavy atom. The summed E-state index contributed by atoms with van der Waals surface area (Å²) >= 11 is 0. The Kier molecular flexibility index (Phi) is 4.45. The Morgan fingerprint density at radius 1 is 1.41 bits per heavy atom. The second-order valence-electron chi connectivity index (χ2n) is 4.06. The van der Waals surface area contributed by atoms with Gasteiger partial charge in [-0.3, -0.25) is 19.7 Å². The molecule has 3 atom stereocenters. The summed E-state index contributed by atoms with van der Waals surface area (Å²) in [6.07, 6.45) is 0.235. The van der Waals surface area contributed by atoms with Crippen molar-refractivity contribution in [2.24, 2.45) is 5.92 Å². The zero-order valence-corrected chi connectivity index (χ0v) is 9.82. The molecule has 1 saturated heterocycles. The number of carboxylic acids is 1. The number of carbonyl (C=O) groups is 3. The third kappa shape index (κ3) is 3.42. The lowest BCUT2D eigenvalue weighted by molar-refractivity contribution is -0.139. The van der Waals surface area contributed by atoms with Gasteiger partial charge in [-0.15, -0.1) is 0 Å². The summed E-state index contributed by atoms with van der Waals surface area (Å²) in [6, 6.07) is -1.09. The van der Waals surface area contributed by atoms with Crippen LogP contribution in [0.5, 0.6) is 0 Å². The molecule has 7 heteroatoms. The molecule has 0 saturated carbocycles. The minimum Gasteiger partial charge on any atom is -0.480 e. The van der Waals surface area contributed by atoms with Gasteiger partial charge in [-0.1, -0.05) is 0 Å². The zero-order valence-electron chi connectivity index (χ0n) is 9.82. The lowest BCUT2D eigenvalue weighted by Crippen LogP contribution is -2.46. The van der Waals surface area contributed by atoms with Crippen LogP contribution in [0.4, 0.5) is 0 Å². The second kappa shape index (κ2) is 5.62. The van der Waals surface area contributed by atoms with Crippen LogP contribution < -0.4 is 16.0 Å². The molecule has 1 heterocycles. The number of amides is 2. The van der Waals surface area contributed by atoms with Crippen molar-refractivity contribution < 1.29 is 19.5 Å². The first-order valence-corrected chi connectivity index (χ1v) is 5.40. The van der Waals surface area contributed by atoms with Crippen LogP contribution in [0.2, 0.25) is 0 Å². The maximum absolute atomic E-state index is 11.6. The average Bonchev–Trinajstić information content (AvgIpc) is 2.69. The summed E-state index contributed by atoms with van der Waals surface area (Å²) in [7, 11) is 1.51. The van der Waals surface area contributed by atoms with Crippen molar-refractivity contribution >= 4 is 17.8 Å². The fourth-order valence-electron chi connectivity index (χ4n) is 1.96. The number of hydrogen-bond acceptors (Lipinski definition) is 4. The molecule has 1 rings (SSSR count). The summed E-state index contributed by atoms with van der Waals surface area (Å²) in [5.41, 5.74) is 0. The molecule has 17 heavy (non-hydrogen) atoms. The van der Waals surface area contributed by atoms with Crippen molar-refractivity contribution in [3.63, 3.8) is 0 Å². The summed E-state index contributed by atoms with van der Waals surface area (Å²) in [5.74, 6) is -1.84. The molecular formula is C10H17N3O4. The lowest BCUT2D eigenvalue weighted by Gasteiger charge is -2.18. The highest BCUT2D eigenvalue weighted by atomic mass is 16.4. The van der Waals surface area contributed by atoms with Crippen molar-refractivity contribution in [2.45, 2.75) is 25.4 Å². The van der Waals surface area contributed by atoms with Gasteiger partial charge in [0.1, 0.15) is 6.04 Å². The van der Waals surface area contributed by atoms with E-state index in [4.69, 9.17) is 5.11 Å². The molecule has 2 amide bonds. The highest BCUT2D eigenvalue weighted by Gasteiger charge is 2.40. The van der Waals surface area contributed by atoms with Crippen LogP contribution in [0, 0.1) is 5.92 Å². The van der Waals surface area contributed by atoms with E-state index in [1.54, 1.807) is 0 Å². The van der Waals surface area contributed by atoms with Crippen LogP contribution in [0.25, 0.3) is 0 Å². The predicted molar refractivity (Wildman–Crippen MR) is 59.2 cm³/mol. The number of rotatable bonds is 4. The topological polar surface area (TPSA) is 108 Å². The van der Waals surface area contributed by atoms with Crippen LogP contribution in [0.3, 0.4) is 0 Å². The first-order valence-electron chi connectivity index (χ1n) is 5.40. The summed E-state index contributed by atoms with van der Waals surface area (Å²) in [5, 5.41) is 16.8. The number of carbonyl (C=O) groups excluding carboxylic acids is 2. The van der Waals surface area contributed by atoms with E-state index in [1.165, 1.54) is 14.0 Å². The van der Waals surface area contributed by atoms with Gasteiger partial charge in [-0.2, -0.15) is 0 Å². The second-order valence-corrected chi connectivity index (χ2v) is 4.06. The standard InChI is InChI=1S/C10H17N3O4/c1-5(14)12-4-8-6(9(15)11-2)3-7(13-8)10(16)17/h6-8,13H,3-4H2,1-2H3,(H,11,15)(H,12,14)(H,16,17)/t6-,7-,8+/m1/s1. The van der Waals surface area contributed by atoms with E-state index < -0.39 is 17.9 Å². The van der Waals surface area contributed by atoms with Gasteiger partial charge in [0.15, 0.2) is 0 Å². The SMILES string of the molecule is CNC(=O)[C@@H]1C[C@H](C(=O)O)N[C@H]1CNC(C)=O. The highest BCUT2D eigenvalue weighted by Crippen LogP contribution is 2.20. The molecule has 0 bridgehead atoms. The lowest BCUT2D eigenvalue weighted by atomic mass is 9.98. The minimum atomic E-state index is -0.982. The minimum absolute atomic E-state index is 0.207. The van der Waals surface area contributed by atoms with Crippen LogP contribution in [-0.4, -0.2) is 48.6 Å². The number of hydrogen-bond donors (Lipinski definition) is 4. The Hall–Kier alpha value is -1.63. The average molecular weight is 243 g/mol. The number of carboxylic acid groups (broad SMARTS) is 1. The Bertz CT molecular complexity index is 332. The predicted octanol–water partition coefficient (Wildman–Crippen LogP) is -1.70. The molecule has 7 nitrogen and oxygen atoms in total. The van der Waals surface area contributed by atoms with E-state index in [9.17, 15) is 14.4 Å². The Balaban J connectivity index is 2.66. The molecule has 0 aromatic carbocycles. The van der Waals surface area contributed by atoms with Gasteiger partial charge in [0.2, 0.25) is 11.8 Å². The third-order valence-corrected chi connectivity index (χ3v) is 2.84. The van der Waals surface area contributed by atoms with Crippen molar-refractivity contribution in [3.05, 3.63) is 0 Å². The molecule has 1 aliphatic heterocycles. The van der Waals surface area contributed by atoms with E-state index in [2.05, 4.69) is 16.0 Å². The fourth-order valence-corrected chi connectivity index (χ4v) is 1.96. The molecule has 0 radical (unpaired) electrons. The summed E-state index contributed by atoms with van der Waals surface area (Å²) in [4.78, 5) is 33.2. The normalized spacial score (nSPS) is 27.5. The molecule has 0 spiro atoms. The molecule has 1 aliphatic rings. The molecule has 1 fully saturated rings. The van der Waals surface area contributed by atoms with Crippen molar-refractivity contribution in [2.75, 3.05) is 13.6 Å². The van der Waals surface area contributed by atoms with E-state index in [0.717, 1.165) is 0 Å². The van der Waals surface area contributed by atoms with Gasteiger partial charge in [-0.25, -0.2) is 0 Å². The molecule has 0 aromatic heterocycles. The fraction of sp³-hybridized carbons (Fsp3) is 0.700. The highest BCUT2D eigenvalue weighted by molar-refractivity contribution is 5.82. The summed E-state index contributed by atoms with van der Waals surface area (Å²) < 4.78 is 0. The van der Waals surface area contributed by atoms with Gasteiger partial charge in [-0.05, 0) is 6.42 Å². The maximum Gasteiger partial charge on any atom is 0.320 e. The van der Waals surface area contributed by atoms with E-state index in [1.807, 2.05) is 0 Å². The number of aliphatic carboxylic acids is 1. The van der Waals surface area contributed by atoms with Crippen molar-refractivity contribution in [3.8, 4) is 0 Å². The molecule has 0 unspecified atom stereocenters. The maximum atomic E-state index is 11.6. The van der Waals surface area contributed by atoms with Gasteiger partial charge in [0.05, 0.1) is 5.92 Å². The van der Waals surface area contributed by atoms with Gasteiger partial charge in [0, 0.05) is 26.6 Å². The van der Waals surface area contributed by atoms with E-state index in [0.29, 0.717) is 0 Å². The molecule has 96 valence electrons. The first-order chi connectivity index (χ1) is 7.95. The van der Waals surface area contributed by atoms with Gasteiger partial charge in [0.25, 0.3) is 0 Å². The van der Waals surface area contributed by atoms with E-state index in [-0.39, 0.29) is 30.8 Å². The van der Waals surface area contributed by atoms with Crippen LogP contribution in [0.15, 0.2) is 0 Å². The molecular weight excluding hydrogens is 226 g/mol. The van der Waals surface area contributed by atoms with Crippen LogP contribution >= 0.6 is 0 Å². The summed E-state index contributed by atoms with van der Waals surface area (Å²) in [6.45, 7) is 1.62. The zero-order chi connectivity index (χ0) is 13.0. The Morgan fingerprint density at radius 3 is 2.53 bits per heavy atom. The smallest absolute Gasteiger partial charge is 0.320 e. The van der Waals surface area contributed by atoms with Crippen molar-refractivity contribution in [1.29, 1.82) is 0 Å². The van der Waals surface area contributed by atoms with Crippen LogP contribution in [-0.2, 0) is 14.4 Å². The van der Waals surface area contributed by atoms with Gasteiger partial charge >= 0.3 is 5.97 Å². The first kappa shape index (κ1) is 13.4. The third-order valence-electron chi connectivity index (χ3n) is 2.84. The Labute approximate surface area is 98.9 Å². The quantitative estimate of drug-likeness (QED) is 0.471. The molecule has 0 aliphatic carbocycles. The molecule has 4 N–H and O–H groups in total. The van der Waals surface area contributed by atoms with Crippen molar-refractivity contribution in [1.82, 2.24) is 16.0 Å². The van der Waals surface area contributed by atoms with Gasteiger partial charge < -0.3 is 15.7 Å². The van der Waals surface area contributed by atoms with Crippen LogP contribution in [0.1, 0.15) is 13.3 Å². The van der Waals surface area contributed by atoms with E-state index >= 15 is 0 Å².